The normalized spacial score (nSPS) is 10.6. The first-order chi connectivity index (χ1) is 10.6. The molecule has 0 aliphatic carbocycles. The second-order valence-corrected chi connectivity index (χ2v) is 5.39. The highest BCUT2D eigenvalue weighted by molar-refractivity contribution is 6.03. The number of fused-ring (bicyclic) bond motifs is 1. The van der Waals surface area contributed by atoms with Crippen LogP contribution in [-0.2, 0) is 11.3 Å². The maximum absolute atomic E-state index is 12.4. The molecule has 2 aromatic carbocycles. The lowest BCUT2D eigenvalue weighted by atomic mass is 10.1. The number of ether oxygens (including phenoxy) is 1. The van der Waals surface area contributed by atoms with Crippen molar-refractivity contribution < 1.29 is 9.53 Å². The molecule has 0 saturated heterocycles. The molecule has 0 aliphatic heterocycles. The summed E-state index contributed by atoms with van der Waals surface area (Å²) in [6, 6.07) is 17.4. The lowest BCUT2D eigenvalue weighted by Gasteiger charge is -2.09. The first kappa shape index (κ1) is 14.3. The number of benzene rings is 2. The summed E-state index contributed by atoms with van der Waals surface area (Å²) in [6.45, 7) is 4.15. The number of pyridine rings is 1. The van der Waals surface area contributed by atoms with Crippen molar-refractivity contribution in [2.24, 2.45) is 0 Å². The van der Waals surface area contributed by atoms with Crippen LogP contribution in [0.3, 0.4) is 0 Å². The van der Waals surface area contributed by atoms with E-state index in [1.165, 1.54) is 0 Å². The van der Waals surface area contributed by atoms with Gasteiger partial charge in [0.2, 0.25) is 0 Å². The molecule has 0 saturated carbocycles. The highest BCUT2D eigenvalue weighted by Crippen LogP contribution is 2.21. The molecule has 22 heavy (non-hydrogen) atoms. The molecule has 0 amide bonds. The van der Waals surface area contributed by atoms with Crippen molar-refractivity contribution in [3.8, 4) is 0 Å². The second kappa shape index (κ2) is 5.98. The van der Waals surface area contributed by atoms with E-state index in [0.29, 0.717) is 5.56 Å². The maximum Gasteiger partial charge on any atom is 0.339 e. The number of aromatic nitrogens is 1. The minimum Gasteiger partial charge on any atom is -0.457 e. The predicted octanol–water partition coefficient (Wildman–Crippen LogP) is 4.21. The van der Waals surface area contributed by atoms with Crippen molar-refractivity contribution in [2.45, 2.75) is 20.5 Å². The zero-order chi connectivity index (χ0) is 15.5. The molecule has 3 nitrogen and oxygen atoms in total. The van der Waals surface area contributed by atoms with E-state index < -0.39 is 0 Å². The maximum atomic E-state index is 12.4. The predicted molar refractivity (Wildman–Crippen MR) is 86.8 cm³/mol. The third-order valence-corrected chi connectivity index (χ3v) is 3.52. The summed E-state index contributed by atoms with van der Waals surface area (Å²) in [6.07, 6.45) is 0. The van der Waals surface area contributed by atoms with E-state index in [-0.39, 0.29) is 12.6 Å². The minimum atomic E-state index is -0.315. The van der Waals surface area contributed by atoms with Crippen molar-refractivity contribution in [2.75, 3.05) is 0 Å². The number of rotatable bonds is 3. The van der Waals surface area contributed by atoms with E-state index in [1.54, 1.807) is 6.07 Å². The number of nitrogens with zero attached hydrogens (tertiary/aromatic N) is 1. The average Bonchev–Trinajstić information content (AvgIpc) is 2.53. The molecule has 0 fully saturated rings. The Bertz CT molecular complexity index is 825. The molecule has 0 N–H and O–H groups in total. The number of carbonyl (C=O) groups is 1. The molecule has 1 heterocycles. The zero-order valence-electron chi connectivity index (χ0n) is 12.7. The largest absolute Gasteiger partial charge is 0.457 e. The van der Waals surface area contributed by atoms with Crippen molar-refractivity contribution in [1.82, 2.24) is 4.98 Å². The van der Waals surface area contributed by atoms with Crippen LogP contribution in [0.2, 0.25) is 0 Å². The Balaban J connectivity index is 1.91. The van der Waals surface area contributed by atoms with Crippen molar-refractivity contribution >= 4 is 16.9 Å². The van der Waals surface area contributed by atoms with Crippen molar-refractivity contribution in [1.29, 1.82) is 0 Å². The first-order valence-corrected chi connectivity index (χ1v) is 7.22. The van der Waals surface area contributed by atoms with Crippen LogP contribution in [-0.4, -0.2) is 11.0 Å². The van der Waals surface area contributed by atoms with Crippen molar-refractivity contribution in [3.63, 3.8) is 0 Å². The summed E-state index contributed by atoms with van der Waals surface area (Å²) in [7, 11) is 0. The highest BCUT2D eigenvalue weighted by Gasteiger charge is 2.13. The fraction of sp³-hybridized carbons (Fsp3) is 0.158. The van der Waals surface area contributed by atoms with Crippen LogP contribution < -0.4 is 0 Å². The van der Waals surface area contributed by atoms with Crippen LogP contribution in [0.15, 0.2) is 54.6 Å². The molecule has 3 heteroatoms. The van der Waals surface area contributed by atoms with Gasteiger partial charge in [0.05, 0.1) is 11.1 Å². The molecule has 3 rings (SSSR count). The summed E-state index contributed by atoms with van der Waals surface area (Å²) in [5.41, 5.74) is 4.26. The molecule has 3 aromatic rings. The number of hydrogen-bond donors (Lipinski definition) is 0. The topological polar surface area (TPSA) is 39.2 Å². The monoisotopic (exact) mass is 291 g/mol. The average molecular weight is 291 g/mol. The van der Waals surface area contributed by atoms with Crippen LogP contribution in [0.4, 0.5) is 0 Å². The van der Waals surface area contributed by atoms with E-state index in [0.717, 1.165) is 27.7 Å². The van der Waals surface area contributed by atoms with Crippen LogP contribution in [0, 0.1) is 13.8 Å². The molecule has 0 spiro atoms. The van der Waals surface area contributed by atoms with E-state index in [1.807, 2.05) is 62.4 Å². The molecule has 0 bridgehead atoms. The number of carbonyl (C=O) groups excluding carboxylic acids is 1. The Hall–Kier alpha value is -2.68. The standard InChI is InChI=1S/C19H17NO2/c1-13-8-9-18-16(10-13)17(11-14(2)20-18)19(21)22-12-15-6-4-3-5-7-15/h3-11H,12H2,1-2H3. The Morgan fingerprint density at radius 2 is 1.82 bits per heavy atom. The lowest BCUT2D eigenvalue weighted by Crippen LogP contribution is -2.07. The van der Waals surface area contributed by atoms with Gasteiger partial charge in [0.15, 0.2) is 0 Å². The van der Waals surface area contributed by atoms with Gasteiger partial charge < -0.3 is 4.74 Å². The van der Waals surface area contributed by atoms with Gasteiger partial charge in [-0.05, 0) is 37.6 Å². The summed E-state index contributed by atoms with van der Waals surface area (Å²) >= 11 is 0. The third-order valence-electron chi connectivity index (χ3n) is 3.52. The number of aryl methyl sites for hydroxylation is 2. The Morgan fingerprint density at radius 3 is 2.59 bits per heavy atom. The van der Waals surface area contributed by atoms with E-state index in [4.69, 9.17) is 4.74 Å². The Labute approximate surface area is 129 Å². The fourth-order valence-electron chi connectivity index (χ4n) is 2.44. The Kier molecular flexibility index (Phi) is 3.88. The molecule has 0 atom stereocenters. The molecule has 0 unspecified atom stereocenters. The highest BCUT2D eigenvalue weighted by atomic mass is 16.5. The van der Waals surface area contributed by atoms with Gasteiger partial charge in [-0.3, -0.25) is 4.98 Å². The molecule has 0 aliphatic rings. The fourth-order valence-corrected chi connectivity index (χ4v) is 2.44. The van der Waals surface area contributed by atoms with Gasteiger partial charge >= 0.3 is 5.97 Å². The molecule has 110 valence electrons. The summed E-state index contributed by atoms with van der Waals surface area (Å²) in [5.74, 6) is -0.315. The summed E-state index contributed by atoms with van der Waals surface area (Å²) in [5, 5.41) is 0.837. The smallest absolute Gasteiger partial charge is 0.339 e. The Morgan fingerprint density at radius 1 is 1.05 bits per heavy atom. The lowest BCUT2D eigenvalue weighted by molar-refractivity contribution is 0.0475. The summed E-state index contributed by atoms with van der Waals surface area (Å²) < 4.78 is 5.45. The number of esters is 1. The SMILES string of the molecule is Cc1ccc2nc(C)cc(C(=O)OCc3ccccc3)c2c1. The molecular weight excluding hydrogens is 274 g/mol. The van der Waals surface area contributed by atoms with Crippen LogP contribution >= 0.6 is 0 Å². The van der Waals surface area contributed by atoms with Crippen LogP contribution in [0.25, 0.3) is 10.9 Å². The van der Waals surface area contributed by atoms with Gasteiger partial charge in [-0.15, -0.1) is 0 Å². The van der Waals surface area contributed by atoms with Crippen LogP contribution in [0.5, 0.6) is 0 Å². The first-order valence-electron chi connectivity index (χ1n) is 7.22. The van der Waals surface area contributed by atoms with Gasteiger partial charge in [-0.25, -0.2) is 4.79 Å². The molecule has 1 aromatic heterocycles. The second-order valence-electron chi connectivity index (χ2n) is 5.39. The molecular formula is C19H17NO2. The van der Waals surface area contributed by atoms with E-state index in [9.17, 15) is 4.79 Å². The van der Waals surface area contributed by atoms with Gasteiger partial charge in [-0.1, -0.05) is 42.0 Å². The van der Waals surface area contributed by atoms with Gasteiger partial charge in [0.1, 0.15) is 6.61 Å². The van der Waals surface area contributed by atoms with Gasteiger partial charge in [-0.2, -0.15) is 0 Å². The molecule has 0 radical (unpaired) electrons. The third kappa shape index (κ3) is 2.98. The number of hydrogen-bond acceptors (Lipinski definition) is 3. The van der Waals surface area contributed by atoms with Crippen LogP contribution in [0.1, 0.15) is 27.2 Å². The zero-order valence-corrected chi connectivity index (χ0v) is 12.7. The van der Waals surface area contributed by atoms with Gasteiger partial charge in [0.25, 0.3) is 0 Å². The minimum absolute atomic E-state index is 0.272. The van der Waals surface area contributed by atoms with E-state index in [2.05, 4.69) is 4.98 Å². The quantitative estimate of drug-likeness (QED) is 0.679. The summed E-state index contributed by atoms with van der Waals surface area (Å²) in [4.78, 5) is 16.9. The van der Waals surface area contributed by atoms with E-state index >= 15 is 0 Å². The van der Waals surface area contributed by atoms with Crippen molar-refractivity contribution in [3.05, 3.63) is 77.0 Å². The van der Waals surface area contributed by atoms with Gasteiger partial charge in [0, 0.05) is 11.1 Å².